The highest BCUT2D eigenvalue weighted by atomic mass is 31.0. The van der Waals surface area contributed by atoms with E-state index in [-0.39, 0.29) is 15.9 Å². The molecule has 0 aromatic heterocycles. The van der Waals surface area contributed by atoms with Crippen molar-refractivity contribution < 1.29 is 9.90 Å². The van der Waals surface area contributed by atoms with Crippen LogP contribution in [0.1, 0.15) is 137 Å². The summed E-state index contributed by atoms with van der Waals surface area (Å²) < 4.78 is 0. The van der Waals surface area contributed by atoms with Crippen molar-refractivity contribution >= 4 is 21.8 Å². The van der Waals surface area contributed by atoms with E-state index in [1.165, 1.54) is 103 Å². The first-order valence-electron chi connectivity index (χ1n) is 11.8. The summed E-state index contributed by atoms with van der Waals surface area (Å²) in [5.41, 5.74) is 9.48. The van der Waals surface area contributed by atoms with Crippen LogP contribution >= 0.6 is 9.90 Å². The molecule has 184 valence electrons. The van der Waals surface area contributed by atoms with Gasteiger partial charge in [-0.15, -0.1) is 0 Å². The predicted molar refractivity (Wildman–Crippen MR) is 140 cm³/mol. The monoisotopic (exact) mass is 449 g/mol. The molecule has 6 heteroatoms. The topological polar surface area (TPSA) is 113 Å². The lowest BCUT2D eigenvalue weighted by Gasteiger charge is -2.17. The van der Waals surface area contributed by atoms with E-state index >= 15 is 0 Å². The Morgan fingerprint density at radius 2 is 0.933 bits per heavy atom. The molecule has 5 nitrogen and oxygen atoms in total. The van der Waals surface area contributed by atoms with Gasteiger partial charge in [-0.1, -0.05) is 124 Å². The SMILES string of the molecule is CC(=O)O.CCCCCCCCCCCCCCCCCC(C)(C)C.N=C(N)N.P. The highest BCUT2D eigenvalue weighted by Crippen LogP contribution is 2.22. The lowest BCUT2D eigenvalue weighted by Crippen LogP contribution is -2.20. The molecule has 6 N–H and O–H groups in total. The van der Waals surface area contributed by atoms with Crippen LogP contribution < -0.4 is 11.5 Å². The van der Waals surface area contributed by atoms with E-state index in [0.29, 0.717) is 5.41 Å². The van der Waals surface area contributed by atoms with Gasteiger partial charge < -0.3 is 16.6 Å². The first-order chi connectivity index (χ1) is 13.5. The fraction of sp³-hybridized carbons (Fsp3) is 0.917. The number of nitrogens with two attached hydrogens (primary N) is 2. The minimum atomic E-state index is -0.833. The van der Waals surface area contributed by atoms with Crippen molar-refractivity contribution in [3.05, 3.63) is 0 Å². The van der Waals surface area contributed by atoms with Crippen molar-refractivity contribution in [3.63, 3.8) is 0 Å². The number of hydrogen-bond donors (Lipinski definition) is 4. The molecule has 0 spiro atoms. The number of rotatable bonds is 15. The number of carbonyl (C=O) groups is 1. The van der Waals surface area contributed by atoms with Gasteiger partial charge in [-0.2, -0.15) is 9.90 Å². The Labute approximate surface area is 191 Å². The molecule has 0 heterocycles. The second-order valence-electron chi connectivity index (χ2n) is 9.23. The van der Waals surface area contributed by atoms with Crippen LogP contribution in [-0.4, -0.2) is 17.0 Å². The smallest absolute Gasteiger partial charge is 0.300 e. The molecular formula is C24H56N3O2P. The van der Waals surface area contributed by atoms with Crippen molar-refractivity contribution in [1.29, 1.82) is 5.41 Å². The van der Waals surface area contributed by atoms with Gasteiger partial charge in [0.25, 0.3) is 5.97 Å². The second kappa shape index (κ2) is 28.2. The van der Waals surface area contributed by atoms with Crippen LogP contribution in [-0.2, 0) is 4.79 Å². The number of nitrogens with one attached hydrogen (secondary N) is 1. The van der Waals surface area contributed by atoms with Crippen molar-refractivity contribution in [2.75, 3.05) is 0 Å². The Hall–Kier alpha value is -0.830. The third kappa shape index (κ3) is 63.1. The van der Waals surface area contributed by atoms with Crippen LogP contribution in [0.3, 0.4) is 0 Å². The molecule has 0 aliphatic heterocycles. The van der Waals surface area contributed by atoms with Crippen LogP contribution in [0.15, 0.2) is 0 Å². The minimum Gasteiger partial charge on any atom is -0.481 e. The predicted octanol–water partition coefficient (Wildman–Crippen LogP) is 7.28. The third-order valence-corrected chi connectivity index (χ3v) is 4.53. The zero-order chi connectivity index (χ0) is 23.0. The molecule has 0 rings (SSSR count). The molecule has 0 radical (unpaired) electrons. The summed E-state index contributed by atoms with van der Waals surface area (Å²) in [6, 6.07) is 0. The van der Waals surface area contributed by atoms with Crippen LogP contribution in [0.4, 0.5) is 0 Å². The summed E-state index contributed by atoms with van der Waals surface area (Å²) in [7, 11) is 0. The fourth-order valence-corrected chi connectivity index (χ4v) is 3.03. The van der Waals surface area contributed by atoms with Crippen LogP contribution in [0.5, 0.6) is 0 Å². The minimum absolute atomic E-state index is 0. The van der Waals surface area contributed by atoms with Crippen molar-refractivity contribution in [3.8, 4) is 0 Å². The summed E-state index contributed by atoms with van der Waals surface area (Å²) in [5.74, 6) is -1.17. The molecule has 1 unspecified atom stereocenters. The van der Waals surface area contributed by atoms with Gasteiger partial charge in [0.15, 0.2) is 5.96 Å². The summed E-state index contributed by atoms with van der Waals surface area (Å²) >= 11 is 0. The van der Waals surface area contributed by atoms with E-state index < -0.39 is 5.97 Å². The van der Waals surface area contributed by atoms with Crippen LogP contribution in [0.2, 0.25) is 0 Å². The number of hydrogen-bond acceptors (Lipinski definition) is 2. The molecule has 0 amide bonds. The van der Waals surface area contributed by atoms with Crippen molar-refractivity contribution in [2.45, 2.75) is 137 Å². The van der Waals surface area contributed by atoms with Gasteiger partial charge in [0.05, 0.1) is 0 Å². The zero-order valence-corrected chi connectivity index (χ0v) is 22.4. The quantitative estimate of drug-likeness (QED) is 0.0910. The van der Waals surface area contributed by atoms with E-state index in [1.807, 2.05) is 0 Å². The average Bonchev–Trinajstić information content (AvgIpc) is 2.56. The van der Waals surface area contributed by atoms with E-state index in [0.717, 1.165) is 6.92 Å². The van der Waals surface area contributed by atoms with E-state index in [4.69, 9.17) is 15.3 Å². The Bertz CT molecular complexity index is 339. The maximum absolute atomic E-state index is 9.00. The molecule has 0 saturated carbocycles. The third-order valence-electron chi connectivity index (χ3n) is 4.53. The molecule has 0 saturated heterocycles. The normalized spacial score (nSPS) is 10.0. The van der Waals surface area contributed by atoms with Gasteiger partial charge in [-0.25, -0.2) is 0 Å². The lowest BCUT2D eigenvalue weighted by molar-refractivity contribution is -0.134. The Balaban J connectivity index is -0.000000319. The Morgan fingerprint density at radius 3 is 1.13 bits per heavy atom. The molecule has 1 atom stereocenters. The van der Waals surface area contributed by atoms with Gasteiger partial charge in [0, 0.05) is 6.92 Å². The number of carboxylic acid groups (broad SMARTS) is 1. The number of aliphatic carboxylic acids is 1. The number of unbranched alkanes of at least 4 members (excludes halogenated alkanes) is 14. The van der Waals surface area contributed by atoms with Crippen molar-refractivity contribution in [2.24, 2.45) is 16.9 Å². The molecular weight excluding hydrogens is 393 g/mol. The van der Waals surface area contributed by atoms with Gasteiger partial charge in [-0.3, -0.25) is 10.2 Å². The van der Waals surface area contributed by atoms with Gasteiger partial charge in [0.1, 0.15) is 0 Å². The largest absolute Gasteiger partial charge is 0.481 e. The van der Waals surface area contributed by atoms with E-state index in [1.54, 1.807) is 0 Å². The van der Waals surface area contributed by atoms with Crippen LogP contribution in [0.25, 0.3) is 0 Å². The summed E-state index contributed by atoms with van der Waals surface area (Å²) in [4.78, 5) is 9.00. The lowest BCUT2D eigenvalue weighted by atomic mass is 9.89. The Kier molecular flexibility index (Phi) is 34.3. The summed E-state index contributed by atoms with van der Waals surface area (Å²) in [6.45, 7) is 10.5. The average molecular weight is 450 g/mol. The molecule has 30 heavy (non-hydrogen) atoms. The van der Waals surface area contributed by atoms with E-state index in [2.05, 4.69) is 39.2 Å². The molecule has 0 bridgehead atoms. The molecule has 0 aliphatic rings. The first-order valence-corrected chi connectivity index (χ1v) is 11.8. The zero-order valence-electron chi connectivity index (χ0n) is 21.0. The molecule has 0 aromatic carbocycles. The highest BCUT2D eigenvalue weighted by Gasteiger charge is 2.08. The second-order valence-corrected chi connectivity index (χ2v) is 9.23. The fourth-order valence-electron chi connectivity index (χ4n) is 3.03. The number of carboxylic acids is 1. The van der Waals surface area contributed by atoms with Crippen LogP contribution in [0, 0.1) is 10.8 Å². The standard InChI is InChI=1S/C21H44.C2H4O2.CH5N3.H3P/c1-5-6-7-8-9-10-11-12-13-14-15-16-17-18-19-20-21(2,3)4;1-2(3)4;2-1(3)4;/h5-20H2,1-4H3;1H3,(H,3,4);(H5,2,3,4);1H3. The molecule has 0 aliphatic carbocycles. The Morgan fingerprint density at radius 1 is 0.733 bits per heavy atom. The number of guanidine groups is 1. The molecule has 0 fully saturated rings. The summed E-state index contributed by atoms with van der Waals surface area (Å²) in [6.07, 6.45) is 23.3. The first kappa shape index (κ1) is 36.5. The van der Waals surface area contributed by atoms with E-state index in [9.17, 15) is 0 Å². The van der Waals surface area contributed by atoms with Gasteiger partial charge in [-0.05, 0) is 11.8 Å². The molecule has 0 aromatic rings. The summed E-state index contributed by atoms with van der Waals surface area (Å²) in [5, 5.41) is 13.5. The maximum atomic E-state index is 9.00. The van der Waals surface area contributed by atoms with Gasteiger partial charge in [0.2, 0.25) is 0 Å². The maximum Gasteiger partial charge on any atom is 0.300 e. The highest BCUT2D eigenvalue weighted by molar-refractivity contribution is 6.92. The van der Waals surface area contributed by atoms with Crippen molar-refractivity contribution in [1.82, 2.24) is 0 Å². The van der Waals surface area contributed by atoms with Gasteiger partial charge >= 0.3 is 0 Å².